The zero-order chi connectivity index (χ0) is 21.0. The van der Waals surface area contributed by atoms with Crippen molar-refractivity contribution >= 4 is 11.8 Å². The maximum Gasteiger partial charge on any atom is 0.573 e. The van der Waals surface area contributed by atoms with Gasteiger partial charge in [0, 0.05) is 39.0 Å². The molecule has 2 fully saturated rings. The SMILES string of the molecule is CC(=O)NCCNC(=O)[C@@H]1C[C@H]2CCN(Cc3ccc(OC(F)(F)F)cc3)C[C@H]21. The lowest BCUT2D eigenvalue weighted by molar-refractivity contribution is -0.274. The molecule has 0 unspecified atom stereocenters. The summed E-state index contributed by atoms with van der Waals surface area (Å²) in [7, 11) is 0. The molecule has 3 atom stereocenters. The number of rotatable bonds is 7. The number of carbonyl (C=O) groups excluding carboxylic acids is 2. The summed E-state index contributed by atoms with van der Waals surface area (Å²) < 4.78 is 40.7. The van der Waals surface area contributed by atoms with E-state index in [2.05, 4.69) is 20.3 Å². The zero-order valence-corrected chi connectivity index (χ0v) is 16.3. The average molecular weight is 413 g/mol. The van der Waals surface area contributed by atoms with Gasteiger partial charge in [-0.15, -0.1) is 13.2 Å². The smallest absolute Gasteiger partial charge is 0.406 e. The largest absolute Gasteiger partial charge is 0.573 e. The van der Waals surface area contributed by atoms with Crippen LogP contribution >= 0.6 is 0 Å². The third-order valence-electron chi connectivity index (χ3n) is 5.66. The summed E-state index contributed by atoms with van der Waals surface area (Å²) in [6.07, 6.45) is -2.77. The van der Waals surface area contributed by atoms with Gasteiger partial charge in [-0.05, 0) is 48.9 Å². The highest BCUT2D eigenvalue weighted by atomic mass is 19.4. The van der Waals surface area contributed by atoms with Gasteiger partial charge in [-0.3, -0.25) is 14.5 Å². The first-order valence-electron chi connectivity index (χ1n) is 9.80. The fraction of sp³-hybridized carbons (Fsp3) is 0.600. The minimum atomic E-state index is -4.69. The number of amides is 2. The van der Waals surface area contributed by atoms with Crippen molar-refractivity contribution in [1.29, 1.82) is 0 Å². The van der Waals surface area contributed by atoms with Gasteiger partial charge in [-0.1, -0.05) is 12.1 Å². The van der Waals surface area contributed by atoms with E-state index in [1.807, 2.05) is 0 Å². The molecule has 2 N–H and O–H groups in total. The van der Waals surface area contributed by atoms with Gasteiger partial charge in [-0.2, -0.15) is 0 Å². The highest BCUT2D eigenvalue weighted by Crippen LogP contribution is 2.45. The molecule has 3 rings (SSSR count). The van der Waals surface area contributed by atoms with Gasteiger partial charge in [0.2, 0.25) is 11.8 Å². The fourth-order valence-corrected chi connectivity index (χ4v) is 4.21. The molecule has 1 aromatic rings. The monoisotopic (exact) mass is 413 g/mol. The van der Waals surface area contributed by atoms with Crippen molar-refractivity contribution < 1.29 is 27.5 Å². The molecule has 2 aliphatic rings. The molecule has 1 aliphatic heterocycles. The van der Waals surface area contributed by atoms with Gasteiger partial charge in [0.15, 0.2) is 0 Å². The van der Waals surface area contributed by atoms with Crippen LogP contribution in [0.4, 0.5) is 13.2 Å². The molecular weight excluding hydrogens is 387 g/mol. The molecule has 1 heterocycles. The van der Waals surface area contributed by atoms with E-state index in [4.69, 9.17) is 0 Å². The zero-order valence-electron chi connectivity index (χ0n) is 16.3. The Bertz CT molecular complexity index is 724. The summed E-state index contributed by atoms with van der Waals surface area (Å²) in [5, 5.41) is 5.53. The van der Waals surface area contributed by atoms with Gasteiger partial charge in [-0.25, -0.2) is 0 Å². The lowest BCUT2D eigenvalue weighted by Gasteiger charge is -2.50. The first-order valence-corrected chi connectivity index (χ1v) is 9.80. The minimum Gasteiger partial charge on any atom is -0.406 e. The summed E-state index contributed by atoms with van der Waals surface area (Å²) in [4.78, 5) is 25.5. The van der Waals surface area contributed by atoms with Crippen molar-refractivity contribution in [3.05, 3.63) is 29.8 Å². The molecule has 1 aliphatic carbocycles. The normalized spacial score (nSPS) is 24.2. The van der Waals surface area contributed by atoms with Crippen molar-refractivity contribution in [2.45, 2.75) is 32.7 Å². The topological polar surface area (TPSA) is 70.7 Å². The lowest BCUT2D eigenvalue weighted by Crippen LogP contribution is -2.55. The van der Waals surface area contributed by atoms with Gasteiger partial charge in [0.05, 0.1) is 0 Å². The van der Waals surface area contributed by atoms with Crippen LogP contribution in [-0.2, 0) is 16.1 Å². The Morgan fingerprint density at radius 2 is 1.86 bits per heavy atom. The second-order valence-corrected chi connectivity index (χ2v) is 7.76. The molecule has 0 bridgehead atoms. The van der Waals surface area contributed by atoms with Crippen LogP contribution in [0, 0.1) is 17.8 Å². The summed E-state index contributed by atoms with van der Waals surface area (Å²) in [6.45, 7) is 4.62. The molecule has 1 saturated heterocycles. The number of fused-ring (bicyclic) bond motifs is 1. The van der Waals surface area contributed by atoms with E-state index < -0.39 is 6.36 Å². The summed E-state index contributed by atoms with van der Waals surface area (Å²) in [5.74, 6) is 0.533. The van der Waals surface area contributed by atoms with Crippen LogP contribution in [0.1, 0.15) is 25.3 Å². The summed E-state index contributed by atoms with van der Waals surface area (Å²) in [6, 6.07) is 5.93. The predicted molar refractivity (Wildman–Crippen MR) is 99.8 cm³/mol. The predicted octanol–water partition coefficient (Wildman–Crippen LogP) is 2.30. The van der Waals surface area contributed by atoms with Crippen LogP contribution in [-0.4, -0.2) is 49.3 Å². The molecule has 6 nitrogen and oxygen atoms in total. The molecule has 9 heteroatoms. The second-order valence-electron chi connectivity index (χ2n) is 7.76. The number of benzene rings is 1. The van der Waals surface area contributed by atoms with E-state index in [-0.39, 0.29) is 23.5 Å². The molecule has 0 radical (unpaired) electrons. The van der Waals surface area contributed by atoms with Crippen molar-refractivity contribution in [2.75, 3.05) is 26.2 Å². The highest BCUT2D eigenvalue weighted by Gasteiger charge is 2.47. The number of nitrogens with one attached hydrogen (secondary N) is 2. The van der Waals surface area contributed by atoms with Gasteiger partial charge >= 0.3 is 6.36 Å². The van der Waals surface area contributed by atoms with Gasteiger partial charge in [0.25, 0.3) is 0 Å². The summed E-state index contributed by atoms with van der Waals surface area (Å²) in [5.41, 5.74) is 0.911. The number of likely N-dealkylation sites (tertiary alicyclic amines) is 1. The Kier molecular flexibility index (Phi) is 6.66. The Hall–Kier alpha value is -2.29. The van der Waals surface area contributed by atoms with E-state index in [0.717, 1.165) is 31.5 Å². The Morgan fingerprint density at radius 1 is 1.17 bits per heavy atom. The summed E-state index contributed by atoms with van der Waals surface area (Å²) >= 11 is 0. The Balaban J connectivity index is 1.46. The van der Waals surface area contributed by atoms with Crippen molar-refractivity contribution in [2.24, 2.45) is 17.8 Å². The minimum absolute atomic E-state index is 0.0114. The molecular formula is C20H26F3N3O3. The third kappa shape index (κ3) is 6.09. The van der Waals surface area contributed by atoms with Gasteiger partial charge in [0.1, 0.15) is 5.75 Å². The number of hydrogen-bond acceptors (Lipinski definition) is 4. The van der Waals surface area contributed by atoms with Crippen LogP contribution in [0.15, 0.2) is 24.3 Å². The quantitative estimate of drug-likeness (QED) is 0.673. The van der Waals surface area contributed by atoms with E-state index in [1.54, 1.807) is 12.1 Å². The third-order valence-corrected chi connectivity index (χ3v) is 5.66. The van der Waals surface area contributed by atoms with Crippen molar-refractivity contribution in [3.8, 4) is 5.75 Å². The molecule has 0 aromatic heterocycles. The van der Waals surface area contributed by atoms with E-state index >= 15 is 0 Å². The lowest BCUT2D eigenvalue weighted by atomic mass is 9.61. The number of alkyl halides is 3. The highest BCUT2D eigenvalue weighted by molar-refractivity contribution is 5.80. The van der Waals surface area contributed by atoms with Crippen LogP contribution in [0.25, 0.3) is 0 Å². The Morgan fingerprint density at radius 3 is 2.52 bits per heavy atom. The maximum atomic E-state index is 12.4. The van der Waals surface area contributed by atoms with E-state index in [0.29, 0.717) is 31.5 Å². The molecule has 2 amide bonds. The van der Waals surface area contributed by atoms with Gasteiger partial charge < -0.3 is 15.4 Å². The van der Waals surface area contributed by atoms with E-state index in [1.165, 1.54) is 19.1 Å². The number of carbonyl (C=O) groups is 2. The number of nitrogens with zero attached hydrogens (tertiary/aromatic N) is 1. The molecule has 160 valence electrons. The number of hydrogen-bond donors (Lipinski definition) is 2. The molecule has 1 saturated carbocycles. The maximum absolute atomic E-state index is 12.4. The van der Waals surface area contributed by atoms with Crippen molar-refractivity contribution in [1.82, 2.24) is 15.5 Å². The molecule has 1 aromatic carbocycles. The Labute approximate surface area is 167 Å². The molecule has 0 spiro atoms. The second kappa shape index (κ2) is 9.02. The number of halogens is 3. The standard InChI is InChI=1S/C20H26F3N3O3/c1-13(27)24-7-8-25-19(28)17-10-15-6-9-26(12-18(15)17)11-14-2-4-16(5-3-14)29-20(21,22)23/h2-5,15,17-18H,6-12H2,1H3,(H,24,27)(H,25,28)/t15-,17-,18-/m1/s1. The fourth-order valence-electron chi connectivity index (χ4n) is 4.21. The number of ether oxygens (including phenoxy) is 1. The first-order chi connectivity index (χ1) is 13.7. The molecule has 29 heavy (non-hydrogen) atoms. The average Bonchev–Trinajstić information content (AvgIpc) is 2.61. The van der Waals surface area contributed by atoms with Crippen LogP contribution in [0.5, 0.6) is 5.75 Å². The van der Waals surface area contributed by atoms with Crippen LogP contribution in [0.3, 0.4) is 0 Å². The van der Waals surface area contributed by atoms with E-state index in [9.17, 15) is 22.8 Å². The van der Waals surface area contributed by atoms with Crippen molar-refractivity contribution in [3.63, 3.8) is 0 Å². The van der Waals surface area contributed by atoms with Crippen LogP contribution < -0.4 is 15.4 Å². The first kappa shape index (κ1) is 21.4. The number of piperidine rings is 1. The van der Waals surface area contributed by atoms with Crippen LogP contribution in [0.2, 0.25) is 0 Å².